The van der Waals surface area contributed by atoms with E-state index in [4.69, 9.17) is 37.9 Å². The average molecular weight is 990 g/mol. The van der Waals surface area contributed by atoms with Crippen molar-refractivity contribution < 1.29 is 67.6 Å². The van der Waals surface area contributed by atoms with Crippen molar-refractivity contribution in [2.24, 2.45) is 29.6 Å². The SMILES string of the molecule is CO[C@H]1C[C@H](O[C@@H]([C@H](C)[C@@H](O[C@@H]2O[C@H](C)C[C@H](N(C)C)[C@H]2O)[C@@H](C)/C=C(\C)C(OC(=O)c2ccccc2)[C@H](C)[C@@H](O)[C@@H](C)[C@@H](C)OC(=O)c2ccccc2)[C@@H](C)COC(=O)c2ccccc2)O[C@@H](C)[C@@H]1O. The van der Waals surface area contributed by atoms with Gasteiger partial charge in [-0.15, -0.1) is 0 Å². The molecular formula is C56H79NO14. The van der Waals surface area contributed by atoms with E-state index in [-0.39, 0.29) is 25.2 Å². The number of methoxy groups -OCH3 is 1. The quantitative estimate of drug-likeness (QED) is 0.0481. The minimum Gasteiger partial charge on any atom is -0.462 e. The first kappa shape index (κ1) is 57.4. The first-order valence-corrected chi connectivity index (χ1v) is 25.0. The number of carbonyl (C=O) groups excluding carboxylic acids is 3. The third-order valence-corrected chi connectivity index (χ3v) is 14.3. The first-order chi connectivity index (χ1) is 33.7. The molecular weight excluding hydrogens is 911 g/mol. The predicted molar refractivity (Wildman–Crippen MR) is 267 cm³/mol. The monoisotopic (exact) mass is 990 g/mol. The van der Waals surface area contributed by atoms with Gasteiger partial charge in [0.15, 0.2) is 12.6 Å². The predicted octanol–water partition coefficient (Wildman–Crippen LogP) is 7.51. The van der Waals surface area contributed by atoms with E-state index >= 15 is 0 Å². The van der Waals surface area contributed by atoms with E-state index in [0.717, 1.165) is 0 Å². The van der Waals surface area contributed by atoms with E-state index < -0.39 is 115 Å². The van der Waals surface area contributed by atoms with Crippen molar-refractivity contribution in [1.29, 1.82) is 0 Å². The Kier molecular flexibility index (Phi) is 21.8. The van der Waals surface area contributed by atoms with Gasteiger partial charge in [0.25, 0.3) is 0 Å². The number of aliphatic hydroxyl groups is 3. The Morgan fingerprint density at radius 1 is 0.704 bits per heavy atom. The van der Waals surface area contributed by atoms with Gasteiger partial charge in [0.05, 0.1) is 59.9 Å². The summed E-state index contributed by atoms with van der Waals surface area (Å²) in [6.45, 7) is 16.6. The van der Waals surface area contributed by atoms with Crippen LogP contribution in [0.4, 0.5) is 0 Å². The topological polar surface area (TPSA) is 189 Å². The number of nitrogens with zero attached hydrogens (tertiary/aromatic N) is 1. The van der Waals surface area contributed by atoms with Gasteiger partial charge in [-0.3, -0.25) is 0 Å². The summed E-state index contributed by atoms with van der Waals surface area (Å²) in [5.74, 6) is -4.46. The molecule has 0 aliphatic carbocycles. The van der Waals surface area contributed by atoms with Gasteiger partial charge in [0.2, 0.25) is 0 Å². The second kappa shape index (κ2) is 26.9. The summed E-state index contributed by atoms with van der Waals surface area (Å²) in [6, 6.07) is 25.6. The average Bonchev–Trinajstić information content (AvgIpc) is 3.36. The van der Waals surface area contributed by atoms with Crippen LogP contribution in [-0.2, 0) is 37.9 Å². The molecule has 2 heterocycles. The Morgan fingerprint density at radius 2 is 1.24 bits per heavy atom. The molecule has 0 amide bonds. The number of benzene rings is 3. The number of esters is 3. The molecule has 1 unspecified atom stereocenters. The molecule has 2 saturated heterocycles. The zero-order valence-corrected chi connectivity index (χ0v) is 43.5. The van der Waals surface area contributed by atoms with Crippen molar-refractivity contribution in [3.63, 3.8) is 0 Å². The summed E-state index contributed by atoms with van der Waals surface area (Å²) >= 11 is 0. The molecule has 392 valence electrons. The van der Waals surface area contributed by atoms with Gasteiger partial charge in [-0.1, -0.05) is 95.3 Å². The summed E-state index contributed by atoms with van der Waals surface area (Å²) in [7, 11) is 5.33. The Balaban J connectivity index is 1.53. The van der Waals surface area contributed by atoms with Crippen molar-refractivity contribution in [3.05, 3.63) is 119 Å². The van der Waals surface area contributed by atoms with Crippen LogP contribution in [0.15, 0.2) is 103 Å². The van der Waals surface area contributed by atoms with Gasteiger partial charge in [0.1, 0.15) is 24.4 Å². The molecule has 0 radical (unpaired) electrons. The van der Waals surface area contributed by atoms with Gasteiger partial charge in [0, 0.05) is 49.2 Å². The summed E-state index contributed by atoms with van der Waals surface area (Å²) in [5.41, 5.74) is 1.71. The van der Waals surface area contributed by atoms with Gasteiger partial charge in [-0.25, -0.2) is 14.4 Å². The Labute approximate surface area is 420 Å². The van der Waals surface area contributed by atoms with Crippen LogP contribution in [0.3, 0.4) is 0 Å². The third-order valence-electron chi connectivity index (χ3n) is 14.3. The molecule has 0 bridgehead atoms. The highest BCUT2D eigenvalue weighted by Crippen LogP contribution is 2.36. The molecule has 3 N–H and O–H groups in total. The molecule has 5 rings (SSSR count). The molecule has 3 aromatic rings. The van der Waals surface area contributed by atoms with E-state index in [2.05, 4.69) is 0 Å². The highest BCUT2D eigenvalue weighted by atomic mass is 16.7. The molecule has 15 heteroatoms. The Bertz CT molecular complexity index is 2130. The molecule has 18 atom stereocenters. The van der Waals surface area contributed by atoms with E-state index in [9.17, 15) is 29.7 Å². The minimum absolute atomic E-state index is 0.0379. The number of hydrogen-bond donors (Lipinski definition) is 3. The van der Waals surface area contributed by atoms with E-state index in [1.165, 1.54) is 7.11 Å². The second-order valence-corrected chi connectivity index (χ2v) is 20.0. The van der Waals surface area contributed by atoms with Crippen LogP contribution in [0, 0.1) is 29.6 Å². The van der Waals surface area contributed by atoms with Crippen LogP contribution >= 0.6 is 0 Å². The highest BCUT2D eigenvalue weighted by molar-refractivity contribution is 5.90. The Morgan fingerprint density at radius 3 is 1.77 bits per heavy atom. The molecule has 0 spiro atoms. The summed E-state index contributed by atoms with van der Waals surface area (Å²) < 4.78 is 50.2. The fourth-order valence-corrected chi connectivity index (χ4v) is 9.80. The van der Waals surface area contributed by atoms with Gasteiger partial charge < -0.3 is 58.1 Å². The largest absolute Gasteiger partial charge is 0.462 e. The van der Waals surface area contributed by atoms with Crippen molar-refractivity contribution in [2.45, 2.75) is 155 Å². The maximum atomic E-state index is 13.9. The van der Waals surface area contributed by atoms with Crippen LogP contribution in [-0.4, -0.2) is 146 Å². The number of carbonyl (C=O) groups is 3. The van der Waals surface area contributed by atoms with Crippen LogP contribution < -0.4 is 0 Å². The molecule has 0 saturated carbocycles. The van der Waals surface area contributed by atoms with Crippen LogP contribution in [0.2, 0.25) is 0 Å². The normalized spacial score (nSPS) is 27.2. The zero-order chi connectivity index (χ0) is 52.1. The fourth-order valence-electron chi connectivity index (χ4n) is 9.80. The molecule has 2 aliphatic heterocycles. The second-order valence-electron chi connectivity index (χ2n) is 20.0. The van der Waals surface area contributed by atoms with Crippen LogP contribution in [0.1, 0.15) is 106 Å². The van der Waals surface area contributed by atoms with E-state index in [1.807, 2.05) is 65.8 Å². The molecule has 3 aromatic carbocycles. The minimum atomic E-state index is -1.12. The molecule has 0 aromatic heterocycles. The maximum Gasteiger partial charge on any atom is 0.338 e. The zero-order valence-electron chi connectivity index (χ0n) is 43.5. The van der Waals surface area contributed by atoms with Gasteiger partial charge in [-0.2, -0.15) is 0 Å². The molecule has 2 aliphatic rings. The molecule has 71 heavy (non-hydrogen) atoms. The summed E-state index contributed by atoms with van der Waals surface area (Å²) in [6.07, 6.45) is -6.93. The van der Waals surface area contributed by atoms with Crippen molar-refractivity contribution in [3.8, 4) is 0 Å². The third kappa shape index (κ3) is 15.5. The lowest BCUT2D eigenvalue weighted by molar-refractivity contribution is -0.297. The number of rotatable bonds is 23. The van der Waals surface area contributed by atoms with Gasteiger partial charge in [-0.05, 0) is 90.2 Å². The standard InChI is InChI=1S/C56H79NO14/c1-32(50(70-55(63)43-26-20-15-21-27-43)37(6)47(58)36(5)39(8)68-54(62)42-24-18-14-19-25-42)28-33(2)51(71-56-49(60)44(57(10)11)29-35(4)66-56)38(7)52(69-46-30-45(64-12)48(59)40(9)67-46)34(3)31-65-53(61)41-22-16-13-17-23-41/h13-28,33-40,44-52,56,58-60H,29-31H2,1-12H3/b32-28+/t33-,34-,35+,36-,37+,38+,39+,40-,44-,45-,46-,47-,48-,49+,50?,51-,52+,56-/m0/s1. The lowest BCUT2D eigenvalue weighted by Gasteiger charge is -2.45. The van der Waals surface area contributed by atoms with Gasteiger partial charge >= 0.3 is 17.9 Å². The smallest absolute Gasteiger partial charge is 0.338 e. The van der Waals surface area contributed by atoms with E-state index in [0.29, 0.717) is 28.7 Å². The Hall–Kier alpha value is -4.55. The highest BCUT2D eigenvalue weighted by Gasteiger charge is 2.45. The number of ether oxygens (including phenoxy) is 8. The van der Waals surface area contributed by atoms with Crippen LogP contribution in [0.5, 0.6) is 0 Å². The maximum absolute atomic E-state index is 13.9. The lowest BCUT2D eigenvalue weighted by Crippen LogP contribution is -2.56. The fraction of sp³-hybridized carbons (Fsp3) is 0.589. The van der Waals surface area contributed by atoms with Crippen molar-refractivity contribution >= 4 is 17.9 Å². The number of aliphatic hydroxyl groups excluding tert-OH is 3. The van der Waals surface area contributed by atoms with Crippen LogP contribution in [0.25, 0.3) is 0 Å². The van der Waals surface area contributed by atoms with Crippen molar-refractivity contribution in [2.75, 3.05) is 27.8 Å². The molecule has 2 fully saturated rings. The van der Waals surface area contributed by atoms with E-state index in [1.54, 1.807) is 113 Å². The molecule has 15 nitrogen and oxygen atoms in total. The lowest BCUT2D eigenvalue weighted by atomic mass is 9.81. The summed E-state index contributed by atoms with van der Waals surface area (Å²) in [4.78, 5) is 42.2. The summed E-state index contributed by atoms with van der Waals surface area (Å²) in [5, 5.41) is 34.8. The number of hydrogen-bond acceptors (Lipinski definition) is 15. The van der Waals surface area contributed by atoms with Crippen molar-refractivity contribution in [1.82, 2.24) is 4.90 Å². The first-order valence-electron chi connectivity index (χ1n) is 25.0. The number of likely N-dealkylation sites (N-methyl/N-ethyl adjacent to an activating group) is 1.